The van der Waals surface area contributed by atoms with Crippen molar-refractivity contribution in [2.75, 3.05) is 6.61 Å². The lowest BCUT2D eigenvalue weighted by Gasteiger charge is -2.25. The van der Waals surface area contributed by atoms with Crippen LogP contribution in [-0.4, -0.2) is 22.1 Å². The molecule has 0 saturated heterocycles. The van der Waals surface area contributed by atoms with E-state index in [2.05, 4.69) is 4.98 Å². The molecule has 3 heterocycles. The van der Waals surface area contributed by atoms with Gasteiger partial charge in [-0.1, -0.05) is 114 Å². The number of thiazole rings is 1. The Bertz CT molecular complexity index is 2230. The van der Waals surface area contributed by atoms with Crippen LogP contribution < -0.4 is 14.9 Å². The molecule has 0 saturated carbocycles. The van der Waals surface area contributed by atoms with Crippen molar-refractivity contribution in [3.05, 3.63) is 156 Å². The van der Waals surface area contributed by atoms with E-state index < -0.39 is 12.0 Å². The average Bonchev–Trinajstić information content (AvgIpc) is 3.58. The molecule has 0 aliphatic carbocycles. The first-order valence-corrected chi connectivity index (χ1v) is 15.4. The maximum absolute atomic E-state index is 14.4. The molecule has 1 atom stereocenters. The van der Waals surface area contributed by atoms with Crippen molar-refractivity contribution in [1.82, 2.24) is 9.55 Å². The van der Waals surface area contributed by atoms with E-state index in [1.54, 1.807) is 23.6 Å². The Morgan fingerprint density at radius 2 is 1.59 bits per heavy atom. The Balaban J connectivity index is 1.53. The summed E-state index contributed by atoms with van der Waals surface area (Å²) in [6.07, 6.45) is 1.93. The fourth-order valence-electron chi connectivity index (χ4n) is 5.68. The molecule has 1 N–H and O–H groups in total. The molecular formula is C36H26ClN3O3S. The largest absolute Gasteiger partial charge is 0.463 e. The summed E-state index contributed by atoms with van der Waals surface area (Å²) in [5.74, 6) is -0.521. The molecule has 2 aromatic heterocycles. The summed E-state index contributed by atoms with van der Waals surface area (Å²) in [5, 5.41) is 1.56. The second-order valence-corrected chi connectivity index (χ2v) is 11.8. The number of rotatable bonds is 6. The SMILES string of the molecule is CCOC(=O)C1=C(c2ccccc2)N=c2s/c(=C/c3c(-c4ccccc4)[nH]c4ccccc34)c(=O)n2[C@H]1c1ccc(Cl)cc1. The number of aromatic amines is 1. The van der Waals surface area contributed by atoms with Crippen molar-refractivity contribution < 1.29 is 9.53 Å². The second kappa shape index (κ2) is 11.6. The number of H-pyrrole nitrogens is 1. The number of para-hydroxylation sites is 1. The summed E-state index contributed by atoms with van der Waals surface area (Å²) >= 11 is 7.56. The molecule has 6 aromatic rings. The van der Waals surface area contributed by atoms with Gasteiger partial charge in [-0.05, 0) is 42.3 Å². The lowest BCUT2D eigenvalue weighted by Crippen LogP contribution is -2.40. The first kappa shape index (κ1) is 27.8. The molecule has 4 aromatic carbocycles. The Labute approximate surface area is 261 Å². The number of esters is 1. The Hall–Kier alpha value is -4.98. The third-order valence-electron chi connectivity index (χ3n) is 7.64. The van der Waals surface area contributed by atoms with E-state index in [9.17, 15) is 9.59 Å². The van der Waals surface area contributed by atoms with E-state index in [0.29, 0.717) is 25.6 Å². The van der Waals surface area contributed by atoms with Gasteiger partial charge >= 0.3 is 5.97 Å². The van der Waals surface area contributed by atoms with Gasteiger partial charge in [0.1, 0.15) is 0 Å². The van der Waals surface area contributed by atoms with Crippen molar-refractivity contribution in [3.63, 3.8) is 0 Å². The highest BCUT2D eigenvalue weighted by Gasteiger charge is 2.35. The van der Waals surface area contributed by atoms with Crippen LogP contribution in [0.3, 0.4) is 0 Å². The van der Waals surface area contributed by atoms with Crippen molar-refractivity contribution in [2.24, 2.45) is 4.99 Å². The predicted molar refractivity (Wildman–Crippen MR) is 176 cm³/mol. The van der Waals surface area contributed by atoms with Gasteiger partial charge in [-0.15, -0.1) is 0 Å². The average molecular weight is 616 g/mol. The van der Waals surface area contributed by atoms with Gasteiger partial charge in [-0.2, -0.15) is 0 Å². The summed E-state index contributed by atoms with van der Waals surface area (Å²) in [6.45, 7) is 1.95. The van der Waals surface area contributed by atoms with E-state index in [4.69, 9.17) is 21.3 Å². The van der Waals surface area contributed by atoms with Crippen molar-refractivity contribution in [2.45, 2.75) is 13.0 Å². The number of nitrogens with one attached hydrogen (secondary N) is 1. The molecule has 0 amide bonds. The van der Waals surface area contributed by atoms with E-state index in [1.807, 2.05) is 103 Å². The number of ether oxygens (including phenoxy) is 1. The number of hydrogen-bond donors (Lipinski definition) is 1. The lowest BCUT2D eigenvalue weighted by atomic mass is 9.93. The number of halogens is 1. The Morgan fingerprint density at radius 1 is 0.932 bits per heavy atom. The second-order valence-electron chi connectivity index (χ2n) is 10.3. The molecule has 44 heavy (non-hydrogen) atoms. The highest BCUT2D eigenvalue weighted by molar-refractivity contribution is 7.07. The Kier molecular flexibility index (Phi) is 7.34. The third kappa shape index (κ3) is 4.90. The molecule has 216 valence electrons. The highest BCUT2D eigenvalue weighted by Crippen LogP contribution is 2.36. The zero-order valence-corrected chi connectivity index (χ0v) is 25.2. The minimum absolute atomic E-state index is 0.186. The summed E-state index contributed by atoms with van der Waals surface area (Å²) in [5.41, 5.74) is 5.84. The molecule has 0 radical (unpaired) electrons. The summed E-state index contributed by atoms with van der Waals surface area (Å²) in [7, 11) is 0. The summed E-state index contributed by atoms with van der Waals surface area (Å²) in [4.78, 5) is 37.1. The van der Waals surface area contributed by atoms with Crippen LogP contribution in [-0.2, 0) is 9.53 Å². The maximum Gasteiger partial charge on any atom is 0.338 e. The number of hydrogen-bond acceptors (Lipinski definition) is 5. The first-order chi connectivity index (χ1) is 21.5. The van der Waals surface area contributed by atoms with Crippen LogP contribution in [0.2, 0.25) is 5.02 Å². The molecule has 0 fully saturated rings. The molecule has 0 spiro atoms. The van der Waals surface area contributed by atoms with Gasteiger partial charge in [-0.3, -0.25) is 9.36 Å². The van der Waals surface area contributed by atoms with E-state index in [-0.39, 0.29) is 12.2 Å². The molecule has 0 bridgehead atoms. The smallest absolute Gasteiger partial charge is 0.338 e. The minimum atomic E-state index is -0.767. The van der Waals surface area contributed by atoms with Crippen LogP contribution >= 0.6 is 22.9 Å². The molecule has 1 aliphatic rings. The topological polar surface area (TPSA) is 76.4 Å². The van der Waals surface area contributed by atoms with E-state index in [0.717, 1.165) is 38.9 Å². The number of fused-ring (bicyclic) bond motifs is 2. The van der Waals surface area contributed by atoms with Crippen molar-refractivity contribution in [1.29, 1.82) is 0 Å². The van der Waals surface area contributed by atoms with Crippen LogP contribution in [0.4, 0.5) is 0 Å². The zero-order valence-electron chi connectivity index (χ0n) is 23.7. The fourth-order valence-corrected chi connectivity index (χ4v) is 6.79. The number of benzene rings is 4. The van der Waals surface area contributed by atoms with Gasteiger partial charge in [0.15, 0.2) is 4.80 Å². The zero-order chi connectivity index (χ0) is 30.2. The van der Waals surface area contributed by atoms with Crippen LogP contribution in [0.15, 0.2) is 125 Å². The monoisotopic (exact) mass is 615 g/mol. The number of carbonyl (C=O) groups excluding carboxylic acids is 1. The van der Waals surface area contributed by atoms with Crippen molar-refractivity contribution in [3.8, 4) is 11.3 Å². The quantitative estimate of drug-likeness (QED) is 0.211. The van der Waals surface area contributed by atoms with Gasteiger partial charge < -0.3 is 9.72 Å². The normalized spacial score (nSPS) is 14.9. The molecule has 8 heteroatoms. The first-order valence-electron chi connectivity index (χ1n) is 14.2. The summed E-state index contributed by atoms with van der Waals surface area (Å²) < 4.78 is 7.67. The highest BCUT2D eigenvalue weighted by atomic mass is 35.5. The number of aromatic nitrogens is 2. The van der Waals surface area contributed by atoms with E-state index >= 15 is 0 Å². The van der Waals surface area contributed by atoms with Gasteiger partial charge in [0.05, 0.1) is 34.1 Å². The number of carbonyl (C=O) groups is 1. The van der Waals surface area contributed by atoms with Crippen molar-refractivity contribution >= 4 is 51.6 Å². The van der Waals surface area contributed by atoms with Crippen LogP contribution in [0.1, 0.15) is 29.7 Å². The standard InChI is InChI=1S/C36H26ClN3O3S/c1-2-43-35(42)30-32(23-13-7-4-8-14-23)39-36-40(33(30)24-17-19-25(37)20-18-24)34(41)29(44-36)21-27-26-15-9-10-16-28(26)38-31(27)22-11-5-3-6-12-22/h3-21,33,38H,2H2,1H3/b29-21+/t33-/m0/s1. The van der Waals surface area contributed by atoms with Gasteiger partial charge in [0.25, 0.3) is 5.56 Å². The van der Waals surface area contributed by atoms with Gasteiger partial charge in [-0.25, -0.2) is 9.79 Å². The maximum atomic E-state index is 14.4. The number of nitrogens with zero attached hydrogens (tertiary/aromatic N) is 2. The molecule has 7 rings (SSSR count). The molecular weight excluding hydrogens is 590 g/mol. The Morgan fingerprint density at radius 3 is 2.30 bits per heavy atom. The summed E-state index contributed by atoms with van der Waals surface area (Å²) in [6, 6.07) is 34.0. The molecule has 6 nitrogen and oxygen atoms in total. The predicted octanol–water partition coefficient (Wildman–Crippen LogP) is 6.74. The molecule has 0 unspecified atom stereocenters. The third-order valence-corrected chi connectivity index (χ3v) is 8.88. The van der Waals surface area contributed by atoms with Gasteiger partial charge in [0.2, 0.25) is 0 Å². The van der Waals surface area contributed by atoms with Crippen LogP contribution in [0.5, 0.6) is 0 Å². The fraction of sp³-hybridized carbons (Fsp3) is 0.0833. The minimum Gasteiger partial charge on any atom is -0.463 e. The van der Waals surface area contributed by atoms with Crippen LogP contribution in [0.25, 0.3) is 33.9 Å². The van der Waals surface area contributed by atoms with E-state index in [1.165, 1.54) is 11.3 Å². The van der Waals surface area contributed by atoms with Crippen LogP contribution in [0, 0.1) is 0 Å². The molecule has 1 aliphatic heterocycles. The van der Waals surface area contributed by atoms with Gasteiger partial charge in [0, 0.05) is 27.1 Å². The lowest BCUT2D eigenvalue weighted by molar-refractivity contribution is -0.138.